The minimum atomic E-state index is -0.986. The lowest BCUT2D eigenvalue weighted by Gasteiger charge is -2.41. The summed E-state index contributed by atoms with van der Waals surface area (Å²) in [6, 6.07) is 7.59. The molecule has 1 N–H and O–H groups in total. The fourth-order valence-electron chi connectivity index (χ4n) is 2.27. The number of aromatic nitrogens is 2. The molecule has 0 amide bonds. The second kappa shape index (κ2) is 6.50. The van der Waals surface area contributed by atoms with Crippen LogP contribution in [0.5, 0.6) is 5.75 Å². The second-order valence-electron chi connectivity index (χ2n) is 6.07. The van der Waals surface area contributed by atoms with Crippen molar-refractivity contribution in [3.05, 3.63) is 48.5 Å². The summed E-state index contributed by atoms with van der Waals surface area (Å²) in [5.74, 6) is 0.785. The lowest BCUT2D eigenvalue weighted by Crippen LogP contribution is -2.43. The van der Waals surface area contributed by atoms with Gasteiger partial charge in [0.25, 0.3) is 0 Å². The zero-order valence-corrected chi connectivity index (χ0v) is 13.7. The van der Waals surface area contributed by atoms with E-state index in [-0.39, 0.29) is 17.8 Å². The van der Waals surface area contributed by atoms with Crippen LogP contribution in [0.4, 0.5) is 0 Å². The normalized spacial score (nSPS) is 14.1. The number of halogens is 1. The Bertz CT molecular complexity index is 547. The molecule has 0 spiro atoms. The first-order valence-electron chi connectivity index (χ1n) is 6.69. The van der Waals surface area contributed by atoms with E-state index in [1.165, 1.54) is 0 Å². The molecule has 0 aliphatic rings. The number of rotatable bonds is 4. The maximum absolute atomic E-state index is 11.3. The first-order valence-corrected chi connectivity index (χ1v) is 6.69. The molecule has 21 heavy (non-hydrogen) atoms. The van der Waals surface area contributed by atoms with E-state index in [9.17, 15) is 5.11 Å². The van der Waals surface area contributed by atoms with Crippen molar-refractivity contribution >= 4 is 12.4 Å². The molecule has 1 heterocycles. The van der Waals surface area contributed by atoms with Crippen molar-refractivity contribution in [2.24, 2.45) is 5.41 Å². The first kappa shape index (κ1) is 17.5. The van der Waals surface area contributed by atoms with Crippen LogP contribution in [0.2, 0.25) is 0 Å². The summed E-state index contributed by atoms with van der Waals surface area (Å²) in [6.45, 7) is 6.57. The van der Waals surface area contributed by atoms with Gasteiger partial charge in [-0.15, -0.1) is 12.4 Å². The third-order valence-electron chi connectivity index (χ3n) is 3.78. The molecule has 5 heteroatoms. The topological polar surface area (TPSA) is 47.3 Å². The van der Waals surface area contributed by atoms with Crippen LogP contribution in [0.3, 0.4) is 0 Å². The van der Waals surface area contributed by atoms with Crippen molar-refractivity contribution in [2.45, 2.75) is 32.9 Å². The van der Waals surface area contributed by atoms with E-state index in [0.29, 0.717) is 6.54 Å². The van der Waals surface area contributed by atoms with E-state index in [4.69, 9.17) is 4.74 Å². The van der Waals surface area contributed by atoms with Crippen LogP contribution in [0.25, 0.3) is 0 Å². The molecule has 0 aliphatic heterocycles. The molecule has 0 radical (unpaired) electrons. The monoisotopic (exact) mass is 310 g/mol. The van der Waals surface area contributed by atoms with E-state index < -0.39 is 5.60 Å². The van der Waals surface area contributed by atoms with Crippen LogP contribution in [0.1, 0.15) is 26.3 Å². The highest BCUT2D eigenvalue weighted by Crippen LogP contribution is 2.41. The van der Waals surface area contributed by atoms with E-state index >= 15 is 0 Å². The van der Waals surface area contributed by atoms with Gasteiger partial charge in [0.15, 0.2) is 0 Å². The highest BCUT2D eigenvalue weighted by Gasteiger charge is 2.41. The molecule has 4 nitrogen and oxygen atoms in total. The van der Waals surface area contributed by atoms with Gasteiger partial charge in [-0.1, -0.05) is 32.9 Å². The molecule has 1 unspecified atom stereocenters. The van der Waals surface area contributed by atoms with Gasteiger partial charge >= 0.3 is 0 Å². The number of nitrogens with zero attached hydrogens (tertiary/aromatic N) is 2. The molecule has 0 bridgehead atoms. The lowest BCUT2D eigenvalue weighted by atomic mass is 9.72. The van der Waals surface area contributed by atoms with E-state index in [1.807, 2.05) is 55.8 Å². The second-order valence-corrected chi connectivity index (χ2v) is 6.07. The summed E-state index contributed by atoms with van der Waals surface area (Å²) in [5.41, 5.74) is -0.425. The van der Waals surface area contributed by atoms with Crippen LogP contribution in [0, 0.1) is 5.41 Å². The molecule has 2 aromatic rings. The van der Waals surface area contributed by atoms with Crippen LogP contribution in [-0.2, 0) is 12.1 Å². The summed E-state index contributed by atoms with van der Waals surface area (Å²) in [7, 11) is 1.64. The van der Waals surface area contributed by atoms with Crippen LogP contribution in [0.15, 0.2) is 43.0 Å². The highest BCUT2D eigenvalue weighted by atomic mass is 35.5. The van der Waals surface area contributed by atoms with E-state index in [1.54, 1.807) is 19.6 Å². The summed E-state index contributed by atoms with van der Waals surface area (Å²) < 4.78 is 7.07. The van der Waals surface area contributed by atoms with E-state index in [0.717, 1.165) is 11.3 Å². The van der Waals surface area contributed by atoms with Crippen molar-refractivity contribution in [2.75, 3.05) is 7.11 Å². The third kappa shape index (κ3) is 3.57. The Hall–Kier alpha value is -1.52. The molecule has 1 aromatic carbocycles. The lowest BCUT2D eigenvalue weighted by molar-refractivity contribution is -0.0781. The molecule has 0 saturated heterocycles. The van der Waals surface area contributed by atoms with Crippen molar-refractivity contribution in [1.82, 2.24) is 9.55 Å². The van der Waals surface area contributed by atoms with Gasteiger partial charge in [0.2, 0.25) is 0 Å². The van der Waals surface area contributed by atoms with Gasteiger partial charge in [0.1, 0.15) is 11.4 Å². The largest absolute Gasteiger partial charge is 0.497 e. The van der Waals surface area contributed by atoms with Crippen LogP contribution in [-0.4, -0.2) is 21.8 Å². The zero-order valence-electron chi connectivity index (χ0n) is 12.9. The van der Waals surface area contributed by atoms with Crippen LogP contribution < -0.4 is 4.74 Å². The molecule has 116 valence electrons. The summed E-state index contributed by atoms with van der Waals surface area (Å²) in [4.78, 5) is 4.04. The summed E-state index contributed by atoms with van der Waals surface area (Å²) in [6.07, 6.45) is 5.30. The molecule has 0 aliphatic carbocycles. The SMILES string of the molecule is COc1ccc(C(O)(Cn2ccnc2)C(C)(C)C)cc1.Cl. The number of methoxy groups -OCH3 is 1. The fourth-order valence-corrected chi connectivity index (χ4v) is 2.27. The molecule has 0 fully saturated rings. The number of hydrogen-bond acceptors (Lipinski definition) is 3. The molecular formula is C16H23ClN2O2. The zero-order chi connectivity index (χ0) is 14.8. The van der Waals surface area contributed by atoms with Crippen molar-refractivity contribution in [1.29, 1.82) is 0 Å². The van der Waals surface area contributed by atoms with Crippen molar-refractivity contribution in [3.8, 4) is 5.75 Å². The molecule has 1 atom stereocenters. The number of hydrogen-bond donors (Lipinski definition) is 1. The maximum Gasteiger partial charge on any atom is 0.118 e. The predicted octanol–water partition coefficient (Wildman–Crippen LogP) is 3.25. The standard InChI is InChI=1S/C16H22N2O2.ClH/c1-15(2,3)16(19,11-18-10-9-17-12-18)13-5-7-14(20-4)8-6-13;/h5-10,12,19H,11H2,1-4H3;1H. The van der Waals surface area contributed by atoms with Gasteiger partial charge in [-0.3, -0.25) is 0 Å². The van der Waals surface area contributed by atoms with E-state index in [2.05, 4.69) is 4.98 Å². The van der Waals surface area contributed by atoms with Crippen molar-refractivity contribution < 1.29 is 9.84 Å². The van der Waals surface area contributed by atoms with Gasteiger partial charge in [-0.2, -0.15) is 0 Å². The quantitative estimate of drug-likeness (QED) is 0.943. The van der Waals surface area contributed by atoms with Crippen molar-refractivity contribution in [3.63, 3.8) is 0 Å². The minimum Gasteiger partial charge on any atom is -0.497 e. The van der Waals surface area contributed by atoms with Gasteiger partial charge in [-0.25, -0.2) is 4.98 Å². The fraction of sp³-hybridized carbons (Fsp3) is 0.438. The molecule has 1 aromatic heterocycles. The third-order valence-corrected chi connectivity index (χ3v) is 3.78. The smallest absolute Gasteiger partial charge is 0.118 e. The average Bonchev–Trinajstić information content (AvgIpc) is 2.90. The Morgan fingerprint density at radius 2 is 1.81 bits per heavy atom. The minimum absolute atomic E-state index is 0. The van der Waals surface area contributed by atoms with Gasteiger partial charge in [-0.05, 0) is 23.1 Å². The Morgan fingerprint density at radius 1 is 1.19 bits per heavy atom. The highest BCUT2D eigenvalue weighted by molar-refractivity contribution is 5.85. The van der Waals surface area contributed by atoms with Gasteiger partial charge in [0.05, 0.1) is 20.0 Å². The molecular weight excluding hydrogens is 288 g/mol. The van der Waals surface area contributed by atoms with Gasteiger partial charge < -0.3 is 14.4 Å². The molecule has 2 rings (SSSR count). The number of benzene rings is 1. The Morgan fingerprint density at radius 3 is 2.24 bits per heavy atom. The average molecular weight is 311 g/mol. The maximum atomic E-state index is 11.3. The number of aliphatic hydroxyl groups is 1. The van der Waals surface area contributed by atoms with Gasteiger partial charge in [0, 0.05) is 12.4 Å². The first-order chi connectivity index (χ1) is 9.37. The predicted molar refractivity (Wildman–Crippen MR) is 85.8 cm³/mol. The summed E-state index contributed by atoms with van der Waals surface area (Å²) >= 11 is 0. The Labute approximate surface area is 132 Å². The molecule has 0 saturated carbocycles. The Kier molecular flexibility index (Phi) is 5.42. The Balaban J connectivity index is 0.00000220. The van der Waals surface area contributed by atoms with Crippen LogP contribution >= 0.6 is 12.4 Å². The summed E-state index contributed by atoms with van der Waals surface area (Å²) in [5, 5.41) is 11.3. The number of imidazole rings is 1. The number of ether oxygens (including phenoxy) is 1.